The van der Waals surface area contributed by atoms with Crippen LogP contribution in [-0.4, -0.2) is 30.4 Å². The maximum Gasteiger partial charge on any atom is 0.225 e. The minimum Gasteiger partial charge on any atom is -0.355 e. The molecule has 0 aliphatic carbocycles. The molecule has 1 heterocycles. The zero-order valence-corrected chi connectivity index (χ0v) is 12.1. The van der Waals surface area contributed by atoms with E-state index in [-0.39, 0.29) is 41.6 Å². The van der Waals surface area contributed by atoms with E-state index in [1.165, 1.54) is 0 Å². The van der Waals surface area contributed by atoms with Gasteiger partial charge in [-0.25, -0.2) is 0 Å². The Morgan fingerprint density at radius 2 is 2.22 bits per heavy atom. The molecule has 0 saturated carbocycles. The standard InChI is InChI=1S/C12H23N3O2.ClH/c1-8(2)12(3,7-13)15-11(17)9-4-5-10(16)14-6-9;/h8-9H,4-7,13H2,1-3H3,(H,14,16)(H,15,17);1H. The molecule has 1 rings (SSSR count). The van der Waals surface area contributed by atoms with E-state index >= 15 is 0 Å². The van der Waals surface area contributed by atoms with Crippen molar-refractivity contribution >= 4 is 24.2 Å². The second kappa shape index (κ2) is 6.95. The Hall–Kier alpha value is -0.810. The summed E-state index contributed by atoms with van der Waals surface area (Å²) in [5.74, 6) is 0.165. The first-order valence-electron chi connectivity index (χ1n) is 6.18. The predicted octanol–water partition coefficient (Wildman–Crippen LogP) is 0.424. The lowest BCUT2D eigenvalue weighted by atomic mass is 9.87. The summed E-state index contributed by atoms with van der Waals surface area (Å²) < 4.78 is 0. The fourth-order valence-electron chi connectivity index (χ4n) is 1.77. The number of rotatable bonds is 4. The van der Waals surface area contributed by atoms with Crippen molar-refractivity contribution in [3.8, 4) is 0 Å². The molecule has 0 aromatic rings. The highest BCUT2D eigenvalue weighted by Crippen LogP contribution is 2.18. The molecule has 106 valence electrons. The average Bonchev–Trinajstić information content (AvgIpc) is 2.29. The molecular formula is C12H24ClN3O2. The highest BCUT2D eigenvalue weighted by molar-refractivity contribution is 5.85. The summed E-state index contributed by atoms with van der Waals surface area (Å²) in [6.45, 7) is 6.88. The fourth-order valence-corrected chi connectivity index (χ4v) is 1.77. The van der Waals surface area contributed by atoms with Crippen molar-refractivity contribution in [2.75, 3.05) is 13.1 Å². The largest absolute Gasteiger partial charge is 0.355 e. The van der Waals surface area contributed by atoms with E-state index < -0.39 is 0 Å². The van der Waals surface area contributed by atoms with Gasteiger partial charge < -0.3 is 16.4 Å². The molecule has 1 saturated heterocycles. The minimum atomic E-state index is -0.376. The smallest absolute Gasteiger partial charge is 0.225 e. The summed E-state index contributed by atoms with van der Waals surface area (Å²) in [6, 6.07) is 0. The predicted molar refractivity (Wildman–Crippen MR) is 73.4 cm³/mol. The van der Waals surface area contributed by atoms with Crippen molar-refractivity contribution in [1.29, 1.82) is 0 Å². The zero-order chi connectivity index (χ0) is 13.1. The van der Waals surface area contributed by atoms with Crippen LogP contribution < -0.4 is 16.4 Å². The molecule has 0 aromatic heterocycles. The Morgan fingerprint density at radius 3 is 2.61 bits per heavy atom. The maximum absolute atomic E-state index is 12.1. The van der Waals surface area contributed by atoms with Crippen molar-refractivity contribution in [2.45, 2.75) is 39.2 Å². The minimum absolute atomic E-state index is 0. The molecule has 6 heteroatoms. The van der Waals surface area contributed by atoms with E-state index in [1.54, 1.807) is 0 Å². The molecule has 2 atom stereocenters. The molecule has 0 aromatic carbocycles. The first-order chi connectivity index (χ1) is 7.89. The van der Waals surface area contributed by atoms with Crippen LogP contribution in [-0.2, 0) is 9.59 Å². The highest BCUT2D eigenvalue weighted by atomic mass is 35.5. The lowest BCUT2D eigenvalue weighted by molar-refractivity contribution is -0.130. The third-order valence-electron chi connectivity index (χ3n) is 3.74. The van der Waals surface area contributed by atoms with Gasteiger partial charge in [0.2, 0.25) is 11.8 Å². The van der Waals surface area contributed by atoms with Gasteiger partial charge in [-0.05, 0) is 19.3 Å². The highest BCUT2D eigenvalue weighted by Gasteiger charge is 2.32. The van der Waals surface area contributed by atoms with Crippen LogP contribution in [0.15, 0.2) is 0 Å². The van der Waals surface area contributed by atoms with Gasteiger partial charge in [0, 0.05) is 19.5 Å². The molecule has 1 aliphatic rings. The molecule has 5 nitrogen and oxygen atoms in total. The number of carbonyl (C=O) groups excluding carboxylic acids is 2. The number of hydrogen-bond acceptors (Lipinski definition) is 3. The lowest BCUT2D eigenvalue weighted by Gasteiger charge is -2.35. The normalized spacial score (nSPS) is 22.7. The van der Waals surface area contributed by atoms with E-state index in [1.807, 2.05) is 20.8 Å². The number of amides is 2. The molecule has 0 radical (unpaired) electrons. The molecular weight excluding hydrogens is 254 g/mol. The van der Waals surface area contributed by atoms with Crippen LogP contribution in [0, 0.1) is 11.8 Å². The second-order valence-corrected chi connectivity index (χ2v) is 5.31. The van der Waals surface area contributed by atoms with Gasteiger partial charge >= 0.3 is 0 Å². The quantitative estimate of drug-likeness (QED) is 0.696. The van der Waals surface area contributed by atoms with Crippen molar-refractivity contribution in [3.05, 3.63) is 0 Å². The third-order valence-corrected chi connectivity index (χ3v) is 3.74. The Labute approximate surface area is 115 Å². The van der Waals surface area contributed by atoms with Crippen LogP contribution in [0.25, 0.3) is 0 Å². The first-order valence-corrected chi connectivity index (χ1v) is 6.18. The van der Waals surface area contributed by atoms with Gasteiger partial charge in [0.1, 0.15) is 0 Å². The Balaban J connectivity index is 0.00000289. The molecule has 18 heavy (non-hydrogen) atoms. The van der Waals surface area contributed by atoms with Crippen molar-refractivity contribution in [3.63, 3.8) is 0 Å². The molecule has 0 bridgehead atoms. The summed E-state index contributed by atoms with van der Waals surface area (Å²) in [5, 5.41) is 5.73. The number of nitrogens with two attached hydrogens (primary N) is 1. The number of halogens is 1. The monoisotopic (exact) mass is 277 g/mol. The summed E-state index contributed by atoms with van der Waals surface area (Å²) in [6.07, 6.45) is 1.05. The first kappa shape index (κ1) is 17.2. The summed E-state index contributed by atoms with van der Waals surface area (Å²) in [4.78, 5) is 23.1. The molecule has 2 amide bonds. The third kappa shape index (κ3) is 4.14. The number of carbonyl (C=O) groups is 2. The second-order valence-electron chi connectivity index (χ2n) is 5.31. The SMILES string of the molecule is CC(C)C(C)(CN)NC(=O)C1CCC(=O)NC1.Cl. The van der Waals surface area contributed by atoms with E-state index in [2.05, 4.69) is 10.6 Å². The number of piperidine rings is 1. The fraction of sp³-hybridized carbons (Fsp3) is 0.833. The van der Waals surface area contributed by atoms with E-state index in [0.29, 0.717) is 25.9 Å². The maximum atomic E-state index is 12.1. The molecule has 4 N–H and O–H groups in total. The molecule has 0 spiro atoms. The van der Waals surface area contributed by atoms with E-state index in [0.717, 1.165) is 0 Å². The van der Waals surface area contributed by atoms with Crippen LogP contribution in [0.2, 0.25) is 0 Å². The van der Waals surface area contributed by atoms with Gasteiger partial charge in [-0.15, -0.1) is 12.4 Å². The van der Waals surface area contributed by atoms with Crippen molar-refractivity contribution in [2.24, 2.45) is 17.6 Å². The average molecular weight is 278 g/mol. The van der Waals surface area contributed by atoms with Crippen LogP contribution in [0.4, 0.5) is 0 Å². The molecule has 1 aliphatic heterocycles. The molecule has 2 unspecified atom stereocenters. The molecule has 1 fully saturated rings. The van der Waals surface area contributed by atoms with Crippen LogP contribution in [0.5, 0.6) is 0 Å². The van der Waals surface area contributed by atoms with Crippen molar-refractivity contribution < 1.29 is 9.59 Å². The number of hydrogen-bond donors (Lipinski definition) is 3. The van der Waals surface area contributed by atoms with Crippen LogP contribution in [0.1, 0.15) is 33.6 Å². The van der Waals surface area contributed by atoms with Gasteiger partial charge in [0.15, 0.2) is 0 Å². The lowest BCUT2D eigenvalue weighted by Crippen LogP contribution is -2.57. The Morgan fingerprint density at radius 1 is 1.61 bits per heavy atom. The van der Waals surface area contributed by atoms with Crippen LogP contribution in [0.3, 0.4) is 0 Å². The van der Waals surface area contributed by atoms with E-state index in [4.69, 9.17) is 5.73 Å². The zero-order valence-electron chi connectivity index (χ0n) is 11.3. The van der Waals surface area contributed by atoms with Gasteiger partial charge in [-0.2, -0.15) is 0 Å². The van der Waals surface area contributed by atoms with Gasteiger partial charge in [0.25, 0.3) is 0 Å². The topological polar surface area (TPSA) is 84.2 Å². The van der Waals surface area contributed by atoms with Gasteiger partial charge in [0.05, 0.1) is 11.5 Å². The van der Waals surface area contributed by atoms with E-state index in [9.17, 15) is 9.59 Å². The van der Waals surface area contributed by atoms with Gasteiger partial charge in [-0.3, -0.25) is 9.59 Å². The Bertz CT molecular complexity index is 300. The van der Waals surface area contributed by atoms with Crippen LogP contribution >= 0.6 is 12.4 Å². The number of nitrogens with one attached hydrogen (secondary N) is 2. The van der Waals surface area contributed by atoms with Gasteiger partial charge in [-0.1, -0.05) is 13.8 Å². The Kier molecular flexibility index (Phi) is 6.63. The summed E-state index contributed by atoms with van der Waals surface area (Å²) >= 11 is 0. The summed E-state index contributed by atoms with van der Waals surface area (Å²) in [5.41, 5.74) is 5.35. The summed E-state index contributed by atoms with van der Waals surface area (Å²) in [7, 11) is 0. The van der Waals surface area contributed by atoms with Crippen molar-refractivity contribution in [1.82, 2.24) is 10.6 Å².